The third-order valence-corrected chi connectivity index (χ3v) is 4.80. The summed E-state index contributed by atoms with van der Waals surface area (Å²) in [6.45, 7) is 1.25. The first kappa shape index (κ1) is 17.9. The Morgan fingerprint density at radius 2 is 1.85 bits per heavy atom. The summed E-state index contributed by atoms with van der Waals surface area (Å²) in [5, 5.41) is 7.58. The fourth-order valence-electron chi connectivity index (χ4n) is 3.24. The van der Waals surface area contributed by atoms with E-state index in [9.17, 15) is 19.2 Å². The summed E-state index contributed by atoms with van der Waals surface area (Å²) >= 11 is 0. The number of urea groups is 1. The number of imide groups is 1. The monoisotopic (exact) mass is 359 g/mol. The SMILES string of the molecule is CC1(c2ccc(C(=O)OCC(=O)NC3CCCC3)cc2)NC(=O)NC1=O. The Morgan fingerprint density at radius 1 is 1.19 bits per heavy atom. The molecule has 1 heterocycles. The molecular formula is C18H21N3O5. The fourth-order valence-corrected chi connectivity index (χ4v) is 3.24. The first-order valence-corrected chi connectivity index (χ1v) is 8.59. The number of carbonyl (C=O) groups excluding carboxylic acids is 4. The first-order valence-electron chi connectivity index (χ1n) is 8.59. The van der Waals surface area contributed by atoms with Crippen molar-refractivity contribution in [2.45, 2.75) is 44.2 Å². The van der Waals surface area contributed by atoms with Crippen molar-refractivity contribution in [1.82, 2.24) is 16.0 Å². The number of esters is 1. The van der Waals surface area contributed by atoms with Gasteiger partial charge < -0.3 is 15.4 Å². The lowest BCUT2D eigenvalue weighted by Gasteiger charge is -2.21. The van der Waals surface area contributed by atoms with E-state index in [4.69, 9.17) is 4.74 Å². The summed E-state index contributed by atoms with van der Waals surface area (Å²) in [5.41, 5.74) is -0.382. The molecule has 1 aromatic carbocycles. The molecule has 26 heavy (non-hydrogen) atoms. The van der Waals surface area contributed by atoms with Crippen molar-refractivity contribution < 1.29 is 23.9 Å². The maximum Gasteiger partial charge on any atom is 0.338 e. The van der Waals surface area contributed by atoms with Crippen LogP contribution < -0.4 is 16.0 Å². The highest BCUT2D eigenvalue weighted by molar-refractivity contribution is 6.07. The highest BCUT2D eigenvalue weighted by atomic mass is 16.5. The third kappa shape index (κ3) is 3.68. The zero-order valence-corrected chi connectivity index (χ0v) is 14.5. The van der Waals surface area contributed by atoms with Crippen LogP contribution in [0.5, 0.6) is 0 Å². The molecule has 2 aliphatic rings. The lowest BCUT2D eigenvalue weighted by Crippen LogP contribution is -2.40. The van der Waals surface area contributed by atoms with Crippen LogP contribution in [0.2, 0.25) is 0 Å². The van der Waals surface area contributed by atoms with Crippen LogP contribution in [0.4, 0.5) is 4.79 Å². The van der Waals surface area contributed by atoms with Gasteiger partial charge in [-0.25, -0.2) is 9.59 Å². The molecule has 1 saturated heterocycles. The second-order valence-corrected chi connectivity index (χ2v) is 6.74. The molecule has 0 bridgehead atoms. The van der Waals surface area contributed by atoms with Gasteiger partial charge in [0.15, 0.2) is 6.61 Å². The van der Waals surface area contributed by atoms with Crippen LogP contribution in [0.15, 0.2) is 24.3 Å². The second kappa shape index (κ2) is 7.15. The molecule has 0 spiro atoms. The molecule has 1 saturated carbocycles. The fraction of sp³-hybridized carbons (Fsp3) is 0.444. The van der Waals surface area contributed by atoms with E-state index >= 15 is 0 Å². The third-order valence-electron chi connectivity index (χ3n) is 4.80. The van der Waals surface area contributed by atoms with Gasteiger partial charge in [0.05, 0.1) is 5.56 Å². The standard InChI is InChI=1S/C18H21N3O5/c1-18(16(24)20-17(25)21-18)12-8-6-11(7-9-12)15(23)26-10-14(22)19-13-4-2-3-5-13/h6-9,13H,2-5,10H2,1H3,(H,19,22)(H2,20,21,24,25). The molecular weight excluding hydrogens is 338 g/mol. The summed E-state index contributed by atoms with van der Waals surface area (Å²) in [6.07, 6.45) is 4.14. The molecule has 4 amide bonds. The van der Waals surface area contributed by atoms with Crippen molar-refractivity contribution in [3.63, 3.8) is 0 Å². The van der Waals surface area contributed by atoms with Crippen molar-refractivity contribution in [2.75, 3.05) is 6.61 Å². The first-order chi connectivity index (χ1) is 12.4. The van der Waals surface area contributed by atoms with Crippen LogP contribution >= 0.6 is 0 Å². The van der Waals surface area contributed by atoms with Gasteiger partial charge in [-0.2, -0.15) is 0 Å². The average molecular weight is 359 g/mol. The van der Waals surface area contributed by atoms with E-state index in [2.05, 4.69) is 16.0 Å². The minimum absolute atomic E-state index is 0.175. The number of amides is 4. The highest BCUT2D eigenvalue weighted by Gasteiger charge is 2.43. The minimum atomic E-state index is -1.18. The Hall–Kier alpha value is -2.90. The van der Waals surface area contributed by atoms with Crippen LogP contribution in [-0.4, -0.2) is 36.5 Å². The van der Waals surface area contributed by atoms with Gasteiger partial charge >= 0.3 is 12.0 Å². The number of benzene rings is 1. The van der Waals surface area contributed by atoms with Crippen LogP contribution in [0.3, 0.4) is 0 Å². The summed E-state index contributed by atoms with van der Waals surface area (Å²) in [5.74, 6) is -1.38. The molecule has 2 fully saturated rings. The van der Waals surface area contributed by atoms with Gasteiger partial charge in [-0.15, -0.1) is 0 Å². The zero-order chi connectivity index (χ0) is 18.7. The summed E-state index contributed by atoms with van der Waals surface area (Å²) in [7, 11) is 0. The number of hydrogen-bond donors (Lipinski definition) is 3. The predicted molar refractivity (Wildman–Crippen MR) is 91.1 cm³/mol. The lowest BCUT2D eigenvalue weighted by atomic mass is 9.91. The molecule has 3 rings (SSSR count). The zero-order valence-electron chi connectivity index (χ0n) is 14.5. The van der Waals surface area contributed by atoms with Crippen molar-refractivity contribution >= 4 is 23.8 Å². The van der Waals surface area contributed by atoms with Crippen molar-refractivity contribution in [3.05, 3.63) is 35.4 Å². The molecule has 0 radical (unpaired) electrons. The van der Waals surface area contributed by atoms with Crippen LogP contribution in [-0.2, 0) is 19.9 Å². The van der Waals surface area contributed by atoms with E-state index in [1.54, 1.807) is 19.1 Å². The van der Waals surface area contributed by atoms with Crippen LogP contribution in [0.1, 0.15) is 48.5 Å². The van der Waals surface area contributed by atoms with E-state index in [0.717, 1.165) is 25.7 Å². The van der Waals surface area contributed by atoms with Gasteiger partial charge in [0.2, 0.25) is 0 Å². The van der Waals surface area contributed by atoms with Crippen LogP contribution in [0, 0.1) is 0 Å². The summed E-state index contributed by atoms with van der Waals surface area (Å²) in [4.78, 5) is 47.1. The number of nitrogens with one attached hydrogen (secondary N) is 3. The summed E-state index contributed by atoms with van der Waals surface area (Å²) < 4.78 is 5.03. The lowest BCUT2D eigenvalue weighted by molar-refractivity contribution is -0.125. The highest BCUT2D eigenvalue weighted by Crippen LogP contribution is 2.24. The normalized spacial score (nSPS) is 22.7. The Balaban J connectivity index is 1.56. The number of ether oxygens (including phenoxy) is 1. The predicted octanol–water partition coefficient (Wildman–Crippen LogP) is 0.957. The van der Waals surface area contributed by atoms with Gasteiger partial charge in [-0.05, 0) is 37.5 Å². The largest absolute Gasteiger partial charge is 0.452 e. The van der Waals surface area contributed by atoms with Gasteiger partial charge in [0, 0.05) is 6.04 Å². The number of rotatable bonds is 5. The molecule has 1 aliphatic heterocycles. The van der Waals surface area contributed by atoms with Gasteiger partial charge in [-0.3, -0.25) is 14.9 Å². The Bertz CT molecular complexity index is 740. The molecule has 3 N–H and O–H groups in total. The van der Waals surface area contributed by atoms with E-state index in [1.807, 2.05) is 0 Å². The van der Waals surface area contributed by atoms with Gasteiger partial charge in [0.25, 0.3) is 11.8 Å². The minimum Gasteiger partial charge on any atom is -0.452 e. The van der Waals surface area contributed by atoms with E-state index < -0.39 is 23.4 Å². The van der Waals surface area contributed by atoms with Crippen molar-refractivity contribution in [3.8, 4) is 0 Å². The van der Waals surface area contributed by atoms with E-state index in [1.165, 1.54) is 12.1 Å². The smallest absolute Gasteiger partial charge is 0.338 e. The maximum atomic E-state index is 12.1. The quantitative estimate of drug-likeness (QED) is 0.535. The van der Waals surface area contributed by atoms with Gasteiger partial charge in [-0.1, -0.05) is 25.0 Å². The molecule has 138 valence electrons. The molecule has 8 heteroatoms. The topological polar surface area (TPSA) is 114 Å². The molecule has 1 atom stereocenters. The van der Waals surface area contributed by atoms with Gasteiger partial charge in [0.1, 0.15) is 5.54 Å². The van der Waals surface area contributed by atoms with Crippen molar-refractivity contribution in [2.24, 2.45) is 0 Å². The molecule has 0 aromatic heterocycles. The summed E-state index contributed by atoms with van der Waals surface area (Å²) in [6, 6.07) is 5.74. The second-order valence-electron chi connectivity index (χ2n) is 6.74. The Kier molecular flexibility index (Phi) is 4.92. The number of carbonyl (C=O) groups is 4. The van der Waals surface area contributed by atoms with E-state index in [0.29, 0.717) is 5.56 Å². The van der Waals surface area contributed by atoms with E-state index in [-0.39, 0.29) is 24.1 Å². The van der Waals surface area contributed by atoms with Crippen LogP contribution in [0.25, 0.3) is 0 Å². The Morgan fingerprint density at radius 3 is 2.42 bits per heavy atom. The molecule has 1 unspecified atom stereocenters. The molecule has 1 aromatic rings. The molecule has 1 aliphatic carbocycles. The number of hydrogen-bond acceptors (Lipinski definition) is 5. The average Bonchev–Trinajstić information content (AvgIpc) is 3.21. The Labute approximate surface area is 150 Å². The van der Waals surface area contributed by atoms with Crippen molar-refractivity contribution in [1.29, 1.82) is 0 Å². The maximum absolute atomic E-state index is 12.1. The molecule has 8 nitrogen and oxygen atoms in total.